The van der Waals surface area contributed by atoms with Gasteiger partial charge in [-0.05, 0) is 47.0 Å². The highest BCUT2D eigenvalue weighted by molar-refractivity contribution is 5.70. The fraction of sp³-hybridized carbons (Fsp3) is 0.842. The van der Waals surface area contributed by atoms with Crippen LogP contribution in [0, 0.1) is 0 Å². The van der Waals surface area contributed by atoms with E-state index in [0.29, 0.717) is 19.8 Å². The number of carbonyl (C=O) groups excluding carboxylic acids is 1. The summed E-state index contributed by atoms with van der Waals surface area (Å²) in [6, 6.07) is 0.110. The Hall–Kier alpha value is -1.11. The van der Waals surface area contributed by atoms with E-state index in [9.17, 15) is 4.79 Å². The third kappa shape index (κ3) is 7.34. The largest absolute Gasteiger partial charge is 0.444 e. The van der Waals surface area contributed by atoms with Crippen LogP contribution in [0.2, 0.25) is 0 Å². The fourth-order valence-corrected chi connectivity index (χ4v) is 2.99. The number of amides is 1. The maximum absolute atomic E-state index is 13.1. The first-order chi connectivity index (χ1) is 11.7. The second kappa shape index (κ2) is 10.1. The zero-order valence-electron chi connectivity index (χ0n) is 16.9. The van der Waals surface area contributed by atoms with Gasteiger partial charge in [0.25, 0.3) is 0 Å². The van der Waals surface area contributed by atoms with E-state index >= 15 is 0 Å². The molecule has 1 amide bonds. The van der Waals surface area contributed by atoms with Gasteiger partial charge in [-0.25, -0.2) is 4.79 Å². The lowest BCUT2D eigenvalue weighted by Gasteiger charge is -2.45. The average Bonchev–Trinajstić information content (AvgIpc) is 2.53. The van der Waals surface area contributed by atoms with Crippen molar-refractivity contribution >= 4 is 6.09 Å². The molecule has 0 spiro atoms. The van der Waals surface area contributed by atoms with Crippen LogP contribution < -0.4 is 10.9 Å². The van der Waals surface area contributed by atoms with E-state index in [2.05, 4.69) is 36.9 Å². The summed E-state index contributed by atoms with van der Waals surface area (Å²) in [6.45, 7) is 14.7. The highest BCUT2D eigenvalue weighted by atomic mass is 16.6. The van der Waals surface area contributed by atoms with Gasteiger partial charge in [0.05, 0.1) is 5.54 Å². The summed E-state index contributed by atoms with van der Waals surface area (Å²) in [6.07, 6.45) is 6.56. The molecule has 25 heavy (non-hydrogen) atoms. The Kier molecular flexibility index (Phi) is 8.89. The first-order valence-corrected chi connectivity index (χ1v) is 9.47. The van der Waals surface area contributed by atoms with Crippen molar-refractivity contribution in [1.29, 1.82) is 0 Å². The Morgan fingerprint density at radius 1 is 1.20 bits per heavy atom. The summed E-state index contributed by atoms with van der Waals surface area (Å²) >= 11 is 0. The van der Waals surface area contributed by atoms with Gasteiger partial charge in [0.2, 0.25) is 0 Å². The minimum Gasteiger partial charge on any atom is -0.444 e. The van der Waals surface area contributed by atoms with E-state index in [4.69, 9.17) is 9.47 Å². The van der Waals surface area contributed by atoms with E-state index in [0.717, 1.165) is 25.8 Å². The number of ether oxygens (including phenoxy) is 2. The predicted molar refractivity (Wildman–Crippen MR) is 101 cm³/mol. The second-order valence-electron chi connectivity index (χ2n) is 7.75. The molecule has 0 bridgehead atoms. The number of nitrogens with zero attached hydrogens (tertiary/aromatic N) is 1. The van der Waals surface area contributed by atoms with Gasteiger partial charge in [-0.2, -0.15) is 0 Å². The lowest BCUT2D eigenvalue weighted by molar-refractivity contribution is -0.0294. The highest BCUT2D eigenvalue weighted by Gasteiger charge is 2.40. The van der Waals surface area contributed by atoms with Gasteiger partial charge >= 0.3 is 6.09 Å². The lowest BCUT2D eigenvalue weighted by atomic mass is 9.94. The molecule has 0 saturated carbocycles. The molecule has 0 aliphatic carbocycles. The zero-order valence-corrected chi connectivity index (χ0v) is 16.9. The van der Waals surface area contributed by atoms with E-state index in [1.165, 1.54) is 0 Å². The number of carbonyl (C=O) groups is 1. The molecule has 0 radical (unpaired) electrons. The Morgan fingerprint density at radius 2 is 1.84 bits per heavy atom. The van der Waals surface area contributed by atoms with Crippen molar-refractivity contribution in [1.82, 2.24) is 15.8 Å². The lowest BCUT2D eigenvalue weighted by Crippen LogP contribution is -2.61. The quantitative estimate of drug-likeness (QED) is 0.398. The predicted octanol–water partition coefficient (Wildman–Crippen LogP) is 3.24. The maximum atomic E-state index is 13.1. The van der Waals surface area contributed by atoms with Gasteiger partial charge in [-0.1, -0.05) is 26.0 Å². The summed E-state index contributed by atoms with van der Waals surface area (Å²) in [5.41, 5.74) is 5.37. The molecule has 2 N–H and O–H groups in total. The van der Waals surface area contributed by atoms with Crippen LogP contribution in [0.15, 0.2) is 12.2 Å². The molecule has 1 saturated heterocycles. The SMILES string of the molecule is CC/C=C\C(C)(CNNCC)N(C(=O)OC(C)(C)C)C1CCOCC1. The molecule has 0 aromatic carbocycles. The van der Waals surface area contributed by atoms with Crippen molar-refractivity contribution in [2.24, 2.45) is 0 Å². The average molecular weight is 356 g/mol. The molecule has 1 atom stereocenters. The summed E-state index contributed by atoms with van der Waals surface area (Å²) in [5.74, 6) is 0. The second-order valence-corrected chi connectivity index (χ2v) is 7.75. The van der Waals surface area contributed by atoms with Gasteiger partial charge in [-0.15, -0.1) is 0 Å². The molecule has 1 unspecified atom stereocenters. The summed E-state index contributed by atoms with van der Waals surface area (Å²) in [4.78, 5) is 15.0. The standard InChI is InChI=1S/C19H37N3O3/c1-7-9-12-19(6,15-21-20-8-2)22(16-10-13-24-14-11-16)17(23)25-18(3,4)5/h9,12,16,20-21H,7-8,10-11,13-15H2,1-6H3/b12-9-. The molecule has 1 rings (SSSR count). The third-order valence-electron chi connectivity index (χ3n) is 4.16. The Bertz CT molecular complexity index is 428. The van der Waals surface area contributed by atoms with Crippen molar-refractivity contribution in [2.75, 3.05) is 26.3 Å². The molecule has 6 nitrogen and oxygen atoms in total. The molecular formula is C19H37N3O3. The van der Waals surface area contributed by atoms with Crippen molar-refractivity contribution in [3.63, 3.8) is 0 Å². The minimum absolute atomic E-state index is 0.110. The minimum atomic E-state index is -0.523. The third-order valence-corrected chi connectivity index (χ3v) is 4.16. The van der Waals surface area contributed by atoms with E-state index in [-0.39, 0.29) is 12.1 Å². The summed E-state index contributed by atoms with van der Waals surface area (Å²) in [5, 5.41) is 0. The van der Waals surface area contributed by atoms with Crippen LogP contribution >= 0.6 is 0 Å². The van der Waals surface area contributed by atoms with Crippen LogP contribution in [0.5, 0.6) is 0 Å². The summed E-state index contributed by atoms with van der Waals surface area (Å²) < 4.78 is 11.2. The van der Waals surface area contributed by atoms with Gasteiger partial charge in [0, 0.05) is 32.3 Å². The van der Waals surface area contributed by atoms with Gasteiger partial charge in [0.1, 0.15) is 5.60 Å². The van der Waals surface area contributed by atoms with Gasteiger partial charge < -0.3 is 9.47 Å². The first-order valence-electron chi connectivity index (χ1n) is 9.47. The molecule has 1 fully saturated rings. The van der Waals surface area contributed by atoms with Crippen molar-refractivity contribution in [2.45, 2.75) is 78.0 Å². The summed E-state index contributed by atoms with van der Waals surface area (Å²) in [7, 11) is 0. The van der Waals surface area contributed by atoms with Gasteiger partial charge in [0.15, 0.2) is 0 Å². The monoisotopic (exact) mass is 355 g/mol. The number of hydrogen-bond acceptors (Lipinski definition) is 5. The Labute approximate surface area is 153 Å². The molecule has 1 heterocycles. The Balaban J connectivity index is 3.12. The van der Waals surface area contributed by atoms with Crippen LogP contribution in [0.25, 0.3) is 0 Å². The maximum Gasteiger partial charge on any atom is 0.411 e. The molecule has 6 heteroatoms. The smallest absolute Gasteiger partial charge is 0.411 e. The molecule has 0 aromatic heterocycles. The zero-order chi connectivity index (χ0) is 18.9. The number of hydrogen-bond donors (Lipinski definition) is 2. The number of allylic oxidation sites excluding steroid dienone is 1. The topological polar surface area (TPSA) is 62.8 Å². The van der Waals surface area contributed by atoms with E-state index in [1.807, 2.05) is 32.6 Å². The van der Waals surface area contributed by atoms with Crippen LogP contribution in [-0.4, -0.2) is 54.5 Å². The molecule has 1 aliphatic heterocycles. The highest BCUT2D eigenvalue weighted by Crippen LogP contribution is 2.28. The van der Waals surface area contributed by atoms with Crippen LogP contribution in [-0.2, 0) is 9.47 Å². The van der Waals surface area contributed by atoms with Crippen LogP contribution in [0.1, 0.15) is 60.8 Å². The fourth-order valence-electron chi connectivity index (χ4n) is 2.99. The molecule has 0 aromatic rings. The normalized spacial score (nSPS) is 19.0. The molecule has 146 valence electrons. The van der Waals surface area contributed by atoms with Crippen molar-refractivity contribution in [3.8, 4) is 0 Å². The number of hydrazine groups is 1. The molecule has 1 aliphatic rings. The Morgan fingerprint density at radius 3 is 2.36 bits per heavy atom. The van der Waals surface area contributed by atoms with Crippen LogP contribution in [0.4, 0.5) is 4.79 Å². The van der Waals surface area contributed by atoms with Crippen LogP contribution in [0.3, 0.4) is 0 Å². The van der Waals surface area contributed by atoms with Crippen molar-refractivity contribution < 1.29 is 14.3 Å². The van der Waals surface area contributed by atoms with E-state index < -0.39 is 11.1 Å². The number of rotatable bonds is 8. The van der Waals surface area contributed by atoms with Crippen molar-refractivity contribution in [3.05, 3.63) is 12.2 Å². The first kappa shape index (κ1) is 21.9. The molecular weight excluding hydrogens is 318 g/mol. The van der Waals surface area contributed by atoms with E-state index in [1.54, 1.807) is 0 Å². The van der Waals surface area contributed by atoms with Gasteiger partial charge in [-0.3, -0.25) is 15.8 Å². The number of nitrogens with one attached hydrogen (secondary N) is 2.